The number of carbonyl (C=O) groups excluding carboxylic acids is 2. The summed E-state index contributed by atoms with van der Waals surface area (Å²) in [6.45, 7) is 6.18. The minimum absolute atomic E-state index is 0.0683. The molecule has 0 aromatic heterocycles. The molecule has 1 saturated heterocycles. The van der Waals surface area contributed by atoms with E-state index in [9.17, 15) is 14.7 Å². The molecule has 0 aliphatic carbocycles. The van der Waals surface area contributed by atoms with Crippen LogP contribution in [0.25, 0.3) is 0 Å². The van der Waals surface area contributed by atoms with E-state index in [1.807, 2.05) is 45.0 Å². The van der Waals surface area contributed by atoms with E-state index < -0.39 is 18.2 Å². The van der Waals surface area contributed by atoms with Gasteiger partial charge in [-0.15, -0.1) is 0 Å². The number of benzene rings is 1. The molecule has 3 atom stereocenters. The number of nitrogens with one attached hydrogen (secondary N) is 1. The molecule has 162 valence electrons. The third-order valence-corrected chi connectivity index (χ3v) is 5.45. The molecular formula is C21H30N5O4+. The average molecular weight is 417 g/mol. The minimum Gasteiger partial charge on any atom is -0.490 e. The highest BCUT2D eigenvalue weighted by Gasteiger charge is 2.51. The number of hydrogen-bond donors (Lipinski definition) is 2. The van der Waals surface area contributed by atoms with Crippen molar-refractivity contribution in [1.82, 2.24) is 15.1 Å². The van der Waals surface area contributed by atoms with Crippen molar-refractivity contribution < 1.29 is 24.0 Å². The lowest BCUT2D eigenvalue weighted by Gasteiger charge is -2.32. The first-order valence-electron chi connectivity index (χ1n) is 10.1. The summed E-state index contributed by atoms with van der Waals surface area (Å²) in [4.78, 5) is 32.2. The number of likely N-dealkylation sites (N-methyl/N-ethyl adjacent to an activating group) is 2. The van der Waals surface area contributed by atoms with Crippen LogP contribution in [0.15, 0.2) is 29.3 Å². The molecule has 0 spiro atoms. The Balaban J connectivity index is 1.81. The molecule has 30 heavy (non-hydrogen) atoms. The van der Waals surface area contributed by atoms with Crippen molar-refractivity contribution in [2.45, 2.75) is 45.4 Å². The largest absolute Gasteiger partial charge is 0.490 e. The fourth-order valence-electron chi connectivity index (χ4n) is 3.41. The van der Waals surface area contributed by atoms with Crippen molar-refractivity contribution in [2.75, 3.05) is 27.2 Å². The monoisotopic (exact) mass is 416 g/mol. The molecule has 0 radical (unpaired) electrons. The van der Waals surface area contributed by atoms with E-state index in [0.717, 1.165) is 16.9 Å². The van der Waals surface area contributed by atoms with Crippen molar-refractivity contribution in [1.29, 1.82) is 0 Å². The first-order chi connectivity index (χ1) is 14.2. The first kappa shape index (κ1) is 21.8. The summed E-state index contributed by atoms with van der Waals surface area (Å²) < 4.78 is 7.48. The number of aryl methyl sites for hydroxylation is 1. The van der Waals surface area contributed by atoms with E-state index >= 15 is 0 Å². The molecule has 2 heterocycles. The Labute approximate surface area is 176 Å². The number of carbonyl (C=O) groups is 2. The van der Waals surface area contributed by atoms with Gasteiger partial charge in [0.2, 0.25) is 11.9 Å². The predicted molar refractivity (Wildman–Crippen MR) is 113 cm³/mol. The number of para-hydroxylation sites is 1. The summed E-state index contributed by atoms with van der Waals surface area (Å²) in [6.07, 6.45) is -0.0111. The van der Waals surface area contributed by atoms with Crippen LogP contribution in [0, 0.1) is 6.92 Å². The van der Waals surface area contributed by atoms with Gasteiger partial charge in [-0.05, 0) is 31.9 Å². The molecule has 0 bridgehead atoms. The number of fused-ring (bicyclic) bond motifs is 1. The molecule has 3 unspecified atom stereocenters. The van der Waals surface area contributed by atoms with E-state index in [4.69, 9.17) is 4.74 Å². The number of nitrogens with zero attached hydrogens (tertiary/aromatic N) is 4. The molecule has 2 aliphatic heterocycles. The van der Waals surface area contributed by atoms with Crippen molar-refractivity contribution in [3.05, 3.63) is 29.8 Å². The second kappa shape index (κ2) is 8.83. The van der Waals surface area contributed by atoms with Gasteiger partial charge in [0, 0.05) is 14.1 Å². The molecule has 0 saturated carbocycles. The Bertz CT molecular complexity index is 897. The molecule has 1 aromatic carbocycles. The number of urea groups is 1. The quantitative estimate of drug-likeness (QED) is 0.641. The van der Waals surface area contributed by atoms with Gasteiger partial charge in [-0.3, -0.25) is 19.9 Å². The van der Waals surface area contributed by atoms with Crippen molar-refractivity contribution in [3.8, 4) is 5.75 Å². The maximum atomic E-state index is 12.9. The van der Waals surface area contributed by atoms with E-state index in [1.165, 1.54) is 11.9 Å². The number of aliphatic imine (C=N–C) groups is 1. The summed E-state index contributed by atoms with van der Waals surface area (Å²) in [7, 11) is 3.05. The lowest BCUT2D eigenvalue weighted by molar-refractivity contribution is -0.546. The van der Waals surface area contributed by atoms with E-state index in [0.29, 0.717) is 17.5 Å². The van der Waals surface area contributed by atoms with Gasteiger partial charge >= 0.3 is 12.0 Å². The van der Waals surface area contributed by atoms with Crippen LogP contribution in [0.1, 0.15) is 25.8 Å². The Morgan fingerprint density at radius 2 is 1.97 bits per heavy atom. The molecule has 9 heteroatoms. The summed E-state index contributed by atoms with van der Waals surface area (Å²) >= 11 is 0. The SMILES string of the molecule is CCC(C)NC1=[N+](CC(O)COc2ccccc2C)C2C(=O)N(C)C(=O)N(C)C2=N1. The normalized spacial score (nSPS) is 20.9. The highest BCUT2D eigenvalue weighted by molar-refractivity contribution is 6.22. The first-order valence-corrected chi connectivity index (χ1v) is 10.1. The van der Waals surface area contributed by atoms with Gasteiger partial charge in [0.15, 0.2) is 0 Å². The van der Waals surface area contributed by atoms with Crippen molar-refractivity contribution in [3.63, 3.8) is 0 Å². The molecule has 9 nitrogen and oxygen atoms in total. The van der Waals surface area contributed by atoms with E-state index in [1.54, 1.807) is 11.6 Å². The Kier molecular flexibility index (Phi) is 6.40. The van der Waals surface area contributed by atoms with Crippen LogP contribution in [0.5, 0.6) is 5.75 Å². The van der Waals surface area contributed by atoms with Crippen LogP contribution in [0.3, 0.4) is 0 Å². The Morgan fingerprint density at radius 3 is 2.63 bits per heavy atom. The lowest BCUT2D eigenvalue weighted by atomic mass is 10.1. The van der Waals surface area contributed by atoms with Gasteiger partial charge in [0.05, 0.1) is 12.6 Å². The molecule has 2 N–H and O–H groups in total. The van der Waals surface area contributed by atoms with Gasteiger partial charge in [0.1, 0.15) is 18.5 Å². The standard InChI is InChI=1S/C21H29N5O4/c1-6-14(3)22-20-23-18-17(19(28)25(5)21(29)24(18)4)26(20)11-15(27)12-30-16-10-8-7-9-13(16)2/h7-10,14-15,17,27H,6,11-12H2,1-5H3/p+1. The number of imide groups is 1. The highest BCUT2D eigenvalue weighted by Crippen LogP contribution is 2.20. The maximum absolute atomic E-state index is 12.9. The van der Waals surface area contributed by atoms with E-state index in [-0.39, 0.29) is 25.1 Å². The van der Waals surface area contributed by atoms with Crippen LogP contribution >= 0.6 is 0 Å². The van der Waals surface area contributed by atoms with E-state index in [2.05, 4.69) is 10.3 Å². The van der Waals surface area contributed by atoms with Gasteiger partial charge in [0.25, 0.3) is 5.91 Å². The zero-order chi connectivity index (χ0) is 22.0. The summed E-state index contributed by atoms with van der Waals surface area (Å²) in [5.41, 5.74) is 0.978. The van der Waals surface area contributed by atoms with Crippen molar-refractivity contribution >= 4 is 23.7 Å². The third-order valence-electron chi connectivity index (χ3n) is 5.45. The minimum atomic E-state index is -0.867. The molecule has 1 fully saturated rings. The maximum Gasteiger partial charge on any atom is 0.390 e. The smallest absolute Gasteiger partial charge is 0.390 e. The van der Waals surface area contributed by atoms with Gasteiger partial charge in [-0.1, -0.05) is 30.1 Å². The zero-order valence-electron chi connectivity index (χ0n) is 18.1. The Hall–Kier alpha value is -2.94. The third kappa shape index (κ3) is 4.16. The van der Waals surface area contributed by atoms with Crippen molar-refractivity contribution in [2.24, 2.45) is 4.99 Å². The molecule has 1 aromatic rings. The number of guanidine groups is 1. The molecule has 3 rings (SSSR count). The second-order valence-electron chi connectivity index (χ2n) is 7.77. The number of amidine groups is 1. The zero-order valence-corrected chi connectivity index (χ0v) is 18.1. The molecule has 2 aliphatic rings. The fraction of sp³-hybridized carbons (Fsp3) is 0.524. The van der Waals surface area contributed by atoms with Crippen LogP contribution in [-0.2, 0) is 4.79 Å². The number of aliphatic hydroxyl groups is 1. The number of amides is 3. The van der Waals surface area contributed by atoms with Crippen LogP contribution in [-0.4, -0.2) is 88.6 Å². The summed E-state index contributed by atoms with van der Waals surface area (Å²) in [5, 5.41) is 14.0. The predicted octanol–water partition coefficient (Wildman–Crippen LogP) is 0.796. The molecule has 3 amide bonds. The van der Waals surface area contributed by atoms with Crippen LogP contribution in [0.4, 0.5) is 4.79 Å². The van der Waals surface area contributed by atoms with Crippen LogP contribution in [0.2, 0.25) is 0 Å². The lowest BCUT2D eigenvalue weighted by Crippen LogP contribution is -2.62. The Morgan fingerprint density at radius 1 is 1.27 bits per heavy atom. The number of ether oxygens (including phenoxy) is 1. The summed E-state index contributed by atoms with van der Waals surface area (Å²) in [6, 6.07) is 6.50. The second-order valence-corrected chi connectivity index (χ2v) is 7.77. The summed E-state index contributed by atoms with van der Waals surface area (Å²) in [5.74, 6) is 1.17. The number of aliphatic hydroxyl groups excluding tert-OH is 1. The van der Waals surface area contributed by atoms with Gasteiger partial charge in [-0.25, -0.2) is 9.37 Å². The highest BCUT2D eigenvalue weighted by atomic mass is 16.5. The van der Waals surface area contributed by atoms with Gasteiger partial charge < -0.3 is 9.84 Å². The van der Waals surface area contributed by atoms with Crippen LogP contribution < -0.4 is 10.1 Å². The fourth-order valence-corrected chi connectivity index (χ4v) is 3.41. The molecular weight excluding hydrogens is 386 g/mol. The number of rotatable bonds is 7. The topological polar surface area (TPSA) is 97.5 Å². The average Bonchev–Trinajstić information content (AvgIpc) is 3.07. The number of β-amino-alcohol motifs (C(OH)–C–C–N with tert-alkyl or cyclic N) is 1. The number of hydrogen-bond acceptors (Lipinski definition) is 6. The van der Waals surface area contributed by atoms with Gasteiger partial charge in [-0.2, -0.15) is 0 Å².